The van der Waals surface area contributed by atoms with Gasteiger partial charge in [0.25, 0.3) is 0 Å². The minimum absolute atomic E-state index is 0.251. The second-order valence-corrected chi connectivity index (χ2v) is 4.83. The van der Waals surface area contributed by atoms with Gasteiger partial charge in [-0.3, -0.25) is 9.88 Å². The molecule has 2 heterocycles. The first-order chi connectivity index (χ1) is 8.15. The maximum Gasteiger partial charge on any atom is 0.337 e. The topological polar surface area (TPSA) is 53.4 Å². The Kier molecular flexibility index (Phi) is 3.74. The van der Waals surface area contributed by atoms with Crippen LogP contribution in [0.2, 0.25) is 0 Å². The Hall–Kier alpha value is -1.42. The quantitative estimate of drug-likeness (QED) is 0.869. The number of aromatic carboxylic acids is 1. The molecule has 1 aromatic rings. The highest BCUT2D eigenvalue weighted by atomic mass is 16.4. The number of rotatable bonds is 3. The fraction of sp³-hybridized carbons (Fsp3) is 0.538. The Bertz CT molecular complexity index is 389. The van der Waals surface area contributed by atoms with E-state index in [4.69, 9.17) is 5.11 Å². The average Bonchev–Trinajstić information content (AvgIpc) is 2.29. The van der Waals surface area contributed by atoms with Crippen LogP contribution in [0.25, 0.3) is 0 Å². The van der Waals surface area contributed by atoms with Gasteiger partial charge in [-0.15, -0.1) is 0 Å². The zero-order valence-electron chi connectivity index (χ0n) is 10.1. The summed E-state index contributed by atoms with van der Waals surface area (Å²) in [4.78, 5) is 17.3. The predicted octanol–water partition coefficient (Wildman–Crippen LogP) is 2.01. The third-order valence-electron chi connectivity index (χ3n) is 3.20. The zero-order chi connectivity index (χ0) is 12.3. The third-order valence-corrected chi connectivity index (χ3v) is 3.20. The number of piperidine rings is 1. The van der Waals surface area contributed by atoms with E-state index >= 15 is 0 Å². The molecule has 1 unspecified atom stereocenters. The highest BCUT2D eigenvalue weighted by molar-refractivity contribution is 5.87. The van der Waals surface area contributed by atoms with Crippen molar-refractivity contribution in [1.29, 1.82) is 0 Å². The lowest BCUT2D eigenvalue weighted by Gasteiger charge is -2.30. The summed E-state index contributed by atoms with van der Waals surface area (Å²) < 4.78 is 0. The molecular formula is C13H18N2O2. The molecule has 1 N–H and O–H groups in total. The Labute approximate surface area is 101 Å². The predicted molar refractivity (Wildman–Crippen MR) is 64.9 cm³/mol. The summed E-state index contributed by atoms with van der Waals surface area (Å²) in [6, 6.07) is 3.43. The lowest BCUT2D eigenvalue weighted by Crippen LogP contribution is -2.33. The van der Waals surface area contributed by atoms with Crippen molar-refractivity contribution >= 4 is 5.97 Å². The van der Waals surface area contributed by atoms with Crippen LogP contribution in [0.15, 0.2) is 18.3 Å². The maximum absolute atomic E-state index is 10.7. The van der Waals surface area contributed by atoms with E-state index in [-0.39, 0.29) is 5.56 Å². The van der Waals surface area contributed by atoms with Crippen molar-refractivity contribution in [3.8, 4) is 0 Å². The third kappa shape index (κ3) is 3.27. The highest BCUT2D eigenvalue weighted by Crippen LogP contribution is 2.17. The number of carboxylic acids is 1. The number of carbonyl (C=O) groups is 1. The molecule has 0 saturated carbocycles. The summed E-state index contributed by atoms with van der Waals surface area (Å²) in [6.45, 7) is 5.33. The first kappa shape index (κ1) is 12.0. The largest absolute Gasteiger partial charge is 0.478 e. The lowest BCUT2D eigenvalue weighted by molar-refractivity contribution is 0.0696. The standard InChI is InChI=1S/C13H18N2O2/c1-10-3-2-6-15(8-10)9-12-5-4-11(7-14-12)13(16)17/h4-5,7,10H,2-3,6,8-9H2,1H3,(H,16,17). The summed E-state index contributed by atoms with van der Waals surface area (Å²) in [6.07, 6.45) is 3.99. The summed E-state index contributed by atoms with van der Waals surface area (Å²) in [7, 11) is 0. The van der Waals surface area contributed by atoms with Gasteiger partial charge in [-0.05, 0) is 37.4 Å². The van der Waals surface area contributed by atoms with E-state index in [9.17, 15) is 4.79 Å². The van der Waals surface area contributed by atoms with Crippen molar-refractivity contribution in [2.24, 2.45) is 5.92 Å². The summed E-state index contributed by atoms with van der Waals surface area (Å²) in [5.74, 6) is -0.169. The zero-order valence-corrected chi connectivity index (χ0v) is 10.1. The van der Waals surface area contributed by atoms with Crippen molar-refractivity contribution in [3.63, 3.8) is 0 Å². The first-order valence-corrected chi connectivity index (χ1v) is 6.05. The van der Waals surface area contributed by atoms with Crippen LogP contribution in [0.4, 0.5) is 0 Å². The summed E-state index contributed by atoms with van der Waals surface area (Å²) in [5.41, 5.74) is 1.20. The molecule has 92 valence electrons. The smallest absolute Gasteiger partial charge is 0.337 e. The van der Waals surface area contributed by atoms with Crippen LogP contribution in [0.5, 0.6) is 0 Å². The molecule has 17 heavy (non-hydrogen) atoms. The van der Waals surface area contributed by atoms with Gasteiger partial charge in [-0.2, -0.15) is 0 Å². The maximum atomic E-state index is 10.7. The molecule has 0 spiro atoms. The molecule has 1 aliphatic heterocycles. The average molecular weight is 234 g/mol. The van der Waals surface area contributed by atoms with Crippen LogP contribution < -0.4 is 0 Å². The molecule has 0 aliphatic carbocycles. The molecule has 1 atom stereocenters. The Morgan fingerprint density at radius 2 is 2.41 bits per heavy atom. The van der Waals surface area contributed by atoms with Crippen LogP contribution in [-0.2, 0) is 6.54 Å². The van der Waals surface area contributed by atoms with E-state index in [0.29, 0.717) is 0 Å². The van der Waals surface area contributed by atoms with Gasteiger partial charge in [-0.25, -0.2) is 4.79 Å². The van der Waals surface area contributed by atoms with Gasteiger partial charge in [0.1, 0.15) is 0 Å². The van der Waals surface area contributed by atoms with Crippen molar-refractivity contribution in [1.82, 2.24) is 9.88 Å². The van der Waals surface area contributed by atoms with Gasteiger partial charge < -0.3 is 5.11 Å². The minimum Gasteiger partial charge on any atom is -0.478 e. The molecule has 4 heteroatoms. The van der Waals surface area contributed by atoms with Crippen LogP contribution in [-0.4, -0.2) is 34.0 Å². The fourth-order valence-corrected chi connectivity index (χ4v) is 2.30. The fourth-order valence-electron chi connectivity index (χ4n) is 2.30. The van der Waals surface area contributed by atoms with Gasteiger partial charge in [0.15, 0.2) is 0 Å². The van der Waals surface area contributed by atoms with Crippen molar-refractivity contribution in [2.75, 3.05) is 13.1 Å². The molecule has 1 fully saturated rings. The van der Waals surface area contributed by atoms with E-state index in [1.807, 2.05) is 6.07 Å². The Morgan fingerprint density at radius 3 is 3.00 bits per heavy atom. The molecule has 0 bridgehead atoms. The van der Waals surface area contributed by atoms with Crippen LogP contribution in [0.3, 0.4) is 0 Å². The van der Waals surface area contributed by atoms with Gasteiger partial charge in [0.05, 0.1) is 11.3 Å². The number of aromatic nitrogens is 1. The normalized spacial score (nSPS) is 21.4. The molecule has 0 aromatic carbocycles. The Balaban J connectivity index is 1.96. The lowest BCUT2D eigenvalue weighted by atomic mass is 10.0. The molecule has 1 aliphatic rings. The van der Waals surface area contributed by atoms with E-state index < -0.39 is 5.97 Å². The van der Waals surface area contributed by atoms with Crippen molar-refractivity contribution in [2.45, 2.75) is 26.3 Å². The van der Waals surface area contributed by atoms with Gasteiger partial charge in [0, 0.05) is 19.3 Å². The molecular weight excluding hydrogens is 216 g/mol. The molecule has 0 radical (unpaired) electrons. The summed E-state index contributed by atoms with van der Waals surface area (Å²) >= 11 is 0. The van der Waals surface area contributed by atoms with Gasteiger partial charge in [-0.1, -0.05) is 6.92 Å². The highest BCUT2D eigenvalue weighted by Gasteiger charge is 2.16. The minimum atomic E-state index is -0.921. The number of nitrogens with zero attached hydrogens (tertiary/aromatic N) is 2. The number of hydrogen-bond donors (Lipinski definition) is 1. The molecule has 0 amide bonds. The van der Waals surface area contributed by atoms with E-state index in [1.165, 1.54) is 19.0 Å². The van der Waals surface area contributed by atoms with Crippen molar-refractivity contribution < 1.29 is 9.90 Å². The van der Waals surface area contributed by atoms with E-state index in [0.717, 1.165) is 31.2 Å². The van der Waals surface area contributed by atoms with Gasteiger partial charge >= 0.3 is 5.97 Å². The van der Waals surface area contributed by atoms with Crippen LogP contribution in [0, 0.1) is 5.92 Å². The molecule has 1 aromatic heterocycles. The SMILES string of the molecule is CC1CCCN(Cc2ccc(C(=O)O)cn2)C1. The number of hydrogen-bond acceptors (Lipinski definition) is 3. The van der Waals surface area contributed by atoms with E-state index in [1.54, 1.807) is 6.07 Å². The summed E-state index contributed by atoms with van der Waals surface area (Å²) in [5, 5.41) is 8.78. The second kappa shape index (κ2) is 5.27. The molecule has 4 nitrogen and oxygen atoms in total. The van der Waals surface area contributed by atoms with Crippen molar-refractivity contribution in [3.05, 3.63) is 29.6 Å². The van der Waals surface area contributed by atoms with E-state index in [2.05, 4.69) is 16.8 Å². The number of pyridine rings is 1. The van der Waals surface area contributed by atoms with Crippen LogP contribution in [0.1, 0.15) is 35.8 Å². The van der Waals surface area contributed by atoms with Crippen LogP contribution >= 0.6 is 0 Å². The number of likely N-dealkylation sites (tertiary alicyclic amines) is 1. The monoisotopic (exact) mass is 234 g/mol. The van der Waals surface area contributed by atoms with Gasteiger partial charge in [0.2, 0.25) is 0 Å². The number of carboxylic acid groups (broad SMARTS) is 1. The molecule has 1 saturated heterocycles. The second-order valence-electron chi connectivity index (χ2n) is 4.83. The first-order valence-electron chi connectivity index (χ1n) is 6.05. The molecule has 2 rings (SSSR count). The Morgan fingerprint density at radius 1 is 1.59 bits per heavy atom.